The van der Waals surface area contributed by atoms with Gasteiger partial charge in [-0.25, -0.2) is 0 Å². The van der Waals surface area contributed by atoms with Crippen molar-refractivity contribution in [3.05, 3.63) is 0 Å². The molecule has 2 heterocycles. The zero-order valence-electron chi connectivity index (χ0n) is 11.5. The summed E-state index contributed by atoms with van der Waals surface area (Å²) in [5.41, 5.74) is 0.428. The van der Waals surface area contributed by atoms with Crippen molar-refractivity contribution in [2.45, 2.75) is 76.5 Å². The fourth-order valence-corrected chi connectivity index (χ4v) is 5.19. The molecule has 1 unspecified atom stereocenters. The monoisotopic (exact) mass is 252 g/mol. The second-order valence-electron chi connectivity index (χ2n) is 6.69. The topological polar surface area (TPSA) is 31.0 Å². The van der Waals surface area contributed by atoms with Gasteiger partial charge < -0.3 is 14.2 Å². The van der Waals surface area contributed by atoms with Crippen LogP contribution in [0.5, 0.6) is 0 Å². The van der Waals surface area contributed by atoms with Gasteiger partial charge in [-0.3, -0.25) is 0 Å². The second-order valence-corrected chi connectivity index (χ2v) is 6.69. The van der Waals surface area contributed by atoms with E-state index in [4.69, 9.17) is 14.2 Å². The van der Waals surface area contributed by atoms with Gasteiger partial charge in [0.25, 0.3) is 0 Å². The van der Waals surface area contributed by atoms with E-state index in [1.54, 1.807) is 0 Å². The highest BCUT2D eigenvalue weighted by molar-refractivity contribution is 5.22. The average molecular weight is 252 g/mol. The normalized spacial score (nSPS) is 57.7. The minimum absolute atomic E-state index is 0.0310. The van der Waals surface area contributed by atoms with Crippen LogP contribution in [-0.2, 0) is 14.2 Å². The molecular formula is C15H24O3. The van der Waals surface area contributed by atoms with E-state index < -0.39 is 0 Å². The van der Waals surface area contributed by atoms with E-state index >= 15 is 0 Å². The molecular weight excluding hydrogens is 228 g/mol. The molecule has 102 valence electrons. The van der Waals surface area contributed by atoms with Crippen LogP contribution in [0.2, 0.25) is 0 Å². The number of epoxide rings is 1. The summed E-state index contributed by atoms with van der Waals surface area (Å²) in [4.78, 5) is 0. The van der Waals surface area contributed by atoms with Crippen LogP contribution in [0.4, 0.5) is 0 Å². The van der Waals surface area contributed by atoms with Crippen molar-refractivity contribution >= 4 is 0 Å². The third-order valence-electron chi connectivity index (χ3n) is 6.18. The number of ether oxygens (including phenoxy) is 3. The minimum Gasteiger partial charge on any atom is -0.365 e. The Labute approximate surface area is 109 Å². The van der Waals surface area contributed by atoms with Crippen LogP contribution in [0.1, 0.15) is 52.4 Å². The van der Waals surface area contributed by atoms with Gasteiger partial charge in [-0.15, -0.1) is 0 Å². The van der Waals surface area contributed by atoms with Crippen molar-refractivity contribution in [3.63, 3.8) is 0 Å². The Morgan fingerprint density at radius 3 is 2.94 bits per heavy atom. The quantitative estimate of drug-likeness (QED) is 0.708. The van der Waals surface area contributed by atoms with Gasteiger partial charge in [-0.1, -0.05) is 6.92 Å². The van der Waals surface area contributed by atoms with Crippen LogP contribution in [-0.4, -0.2) is 30.7 Å². The molecule has 3 nitrogen and oxygen atoms in total. The maximum absolute atomic E-state index is 6.26. The van der Waals surface area contributed by atoms with Crippen LogP contribution in [0.25, 0.3) is 0 Å². The summed E-state index contributed by atoms with van der Waals surface area (Å²) in [6, 6.07) is 0. The summed E-state index contributed by atoms with van der Waals surface area (Å²) in [5.74, 6) is 0.729. The minimum atomic E-state index is 0.0310. The molecule has 0 N–H and O–H groups in total. The van der Waals surface area contributed by atoms with Crippen LogP contribution in [0.3, 0.4) is 0 Å². The van der Waals surface area contributed by atoms with Gasteiger partial charge in [-0.2, -0.15) is 0 Å². The largest absolute Gasteiger partial charge is 0.365 e. The molecule has 0 aromatic rings. The maximum Gasteiger partial charge on any atom is 0.158 e. The van der Waals surface area contributed by atoms with Crippen LogP contribution >= 0.6 is 0 Å². The summed E-state index contributed by atoms with van der Waals surface area (Å²) in [6.07, 6.45) is 8.24. The predicted molar refractivity (Wildman–Crippen MR) is 67.2 cm³/mol. The van der Waals surface area contributed by atoms with Crippen molar-refractivity contribution in [1.29, 1.82) is 0 Å². The van der Waals surface area contributed by atoms with Crippen molar-refractivity contribution in [1.82, 2.24) is 0 Å². The fraction of sp³-hybridized carbons (Fsp3) is 1.00. The SMILES string of the molecule is CCOC1C[C@H]2CC[C@H]3O[C@]34CCC[C@@H](O1)[C@@]24C. The Kier molecular flexibility index (Phi) is 2.41. The number of hydrogen-bond donors (Lipinski definition) is 0. The van der Waals surface area contributed by atoms with Gasteiger partial charge in [0.05, 0.1) is 12.2 Å². The lowest BCUT2D eigenvalue weighted by atomic mass is 9.52. The Morgan fingerprint density at radius 1 is 1.22 bits per heavy atom. The molecule has 18 heavy (non-hydrogen) atoms. The van der Waals surface area contributed by atoms with E-state index in [1.807, 2.05) is 0 Å². The summed E-state index contributed by atoms with van der Waals surface area (Å²) in [6.45, 7) is 5.24. The fourth-order valence-electron chi connectivity index (χ4n) is 5.19. The summed E-state index contributed by atoms with van der Waals surface area (Å²) in [5, 5.41) is 0. The average Bonchev–Trinajstić information content (AvgIpc) is 3.05. The molecule has 0 aromatic heterocycles. The van der Waals surface area contributed by atoms with E-state index in [-0.39, 0.29) is 17.3 Å². The van der Waals surface area contributed by atoms with E-state index in [2.05, 4.69) is 13.8 Å². The standard InChI is InChI=1S/C15H24O3/c1-3-16-13-9-10-6-7-12-15(18-12)8-4-5-11(17-13)14(10,15)2/h10-13H,3-9H2,1-2H3/t10-,11-,12-,13?,14-,15-/m1/s1. The van der Waals surface area contributed by atoms with E-state index in [0.717, 1.165) is 18.9 Å². The van der Waals surface area contributed by atoms with Crippen molar-refractivity contribution in [2.75, 3.05) is 6.61 Å². The van der Waals surface area contributed by atoms with Crippen molar-refractivity contribution < 1.29 is 14.2 Å². The van der Waals surface area contributed by atoms with Gasteiger partial charge in [0.15, 0.2) is 6.29 Å². The first-order chi connectivity index (χ1) is 8.70. The van der Waals surface area contributed by atoms with Crippen LogP contribution < -0.4 is 0 Å². The first kappa shape index (κ1) is 11.7. The molecule has 4 fully saturated rings. The molecule has 4 aliphatic rings. The lowest BCUT2D eigenvalue weighted by Gasteiger charge is -2.57. The molecule has 2 aliphatic heterocycles. The lowest BCUT2D eigenvalue weighted by molar-refractivity contribution is -0.273. The van der Waals surface area contributed by atoms with Crippen molar-refractivity contribution in [2.24, 2.45) is 11.3 Å². The Bertz CT molecular complexity index is 348. The Hall–Kier alpha value is -0.120. The zero-order valence-corrected chi connectivity index (χ0v) is 11.5. The molecule has 3 heteroatoms. The first-order valence-corrected chi connectivity index (χ1v) is 7.65. The van der Waals surface area contributed by atoms with E-state index in [1.165, 1.54) is 32.1 Å². The van der Waals surface area contributed by atoms with Gasteiger partial charge >= 0.3 is 0 Å². The first-order valence-electron chi connectivity index (χ1n) is 7.65. The molecule has 2 aliphatic carbocycles. The molecule has 1 spiro atoms. The smallest absolute Gasteiger partial charge is 0.158 e. The molecule has 0 bridgehead atoms. The van der Waals surface area contributed by atoms with Gasteiger partial charge in [0, 0.05) is 18.4 Å². The maximum atomic E-state index is 6.26. The molecule has 6 atom stereocenters. The third-order valence-corrected chi connectivity index (χ3v) is 6.18. The molecule has 0 radical (unpaired) electrons. The molecule has 4 rings (SSSR count). The number of hydrogen-bond acceptors (Lipinski definition) is 3. The van der Waals surface area contributed by atoms with Gasteiger partial charge in [0.2, 0.25) is 0 Å². The molecule has 0 amide bonds. The lowest BCUT2D eigenvalue weighted by Crippen LogP contribution is -2.61. The highest BCUT2D eigenvalue weighted by atomic mass is 16.7. The molecule has 2 saturated carbocycles. The predicted octanol–water partition coefficient (Wildman–Crippen LogP) is 2.88. The Balaban J connectivity index is 1.66. The summed E-state index contributed by atoms with van der Waals surface area (Å²) < 4.78 is 18.2. The highest BCUT2D eigenvalue weighted by Gasteiger charge is 2.75. The molecule has 2 saturated heterocycles. The van der Waals surface area contributed by atoms with E-state index in [0.29, 0.717) is 12.2 Å². The van der Waals surface area contributed by atoms with Gasteiger partial charge in [0.1, 0.15) is 5.60 Å². The van der Waals surface area contributed by atoms with Crippen molar-refractivity contribution in [3.8, 4) is 0 Å². The summed E-state index contributed by atoms with van der Waals surface area (Å²) >= 11 is 0. The zero-order chi connectivity index (χ0) is 12.4. The second kappa shape index (κ2) is 3.71. The summed E-state index contributed by atoms with van der Waals surface area (Å²) in [7, 11) is 0. The van der Waals surface area contributed by atoms with Crippen LogP contribution in [0.15, 0.2) is 0 Å². The Morgan fingerprint density at radius 2 is 2.11 bits per heavy atom. The third kappa shape index (κ3) is 1.26. The van der Waals surface area contributed by atoms with Gasteiger partial charge in [-0.05, 0) is 44.9 Å². The van der Waals surface area contributed by atoms with Crippen LogP contribution in [0, 0.1) is 11.3 Å². The molecule has 0 aromatic carbocycles. The number of rotatable bonds is 2. The highest BCUT2D eigenvalue weighted by Crippen LogP contribution is 2.69. The van der Waals surface area contributed by atoms with E-state index in [9.17, 15) is 0 Å².